The third-order valence-corrected chi connectivity index (χ3v) is 12.6. The Balaban J connectivity index is 2.17. The average Bonchev–Trinajstić information content (AvgIpc) is 3.24. The predicted molar refractivity (Wildman–Crippen MR) is 237 cm³/mol. The third-order valence-electron chi connectivity index (χ3n) is 10.1. The van der Waals surface area contributed by atoms with Gasteiger partial charge < -0.3 is 46.9 Å². The van der Waals surface area contributed by atoms with Gasteiger partial charge in [0, 0.05) is 31.7 Å². The summed E-state index contributed by atoms with van der Waals surface area (Å²) in [7, 11) is 2.78. The summed E-state index contributed by atoms with van der Waals surface area (Å²) in [5, 5.41) is 0. The van der Waals surface area contributed by atoms with Gasteiger partial charge in [0.15, 0.2) is 12.1 Å². The van der Waals surface area contributed by atoms with Gasteiger partial charge in [-0.15, -0.1) is 0 Å². The monoisotopic (exact) mass is 942 g/mol. The molecule has 0 radical (unpaired) electrons. The average molecular weight is 944 g/mol. The van der Waals surface area contributed by atoms with Crippen LogP contribution in [0.25, 0.3) is 0 Å². The van der Waals surface area contributed by atoms with Gasteiger partial charge in [-0.3, -0.25) is 18.9 Å². The molecule has 61 heavy (non-hydrogen) atoms. The second kappa shape index (κ2) is 30.3. The van der Waals surface area contributed by atoms with Crippen molar-refractivity contribution in [3.05, 3.63) is 76.8 Å². The number of ketones is 1. The summed E-state index contributed by atoms with van der Waals surface area (Å²) in [5.74, 6) is -0.520. The number of benzene rings is 1. The van der Waals surface area contributed by atoms with Crippen LogP contribution >= 0.6 is 23.5 Å². The number of allylic oxidation sites excluding steroid dienone is 6. The first-order valence-corrected chi connectivity index (χ1v) is 23.4. The SMILES string of the molecule is CCOP(=O)(CC(=O)O[C@@H](CC)CCC[C@H](OCc1ccc(OC)cc1)[C@@H](C)C(=O)/C=C/C=C/C[C@@H](C/C=C(Br)/C=C/C=O)OC1OC(C)C(OC)C(OC)C1OC)OCC. The van der Waals surface area contributed by atoms with E-state index in [9.17, 15) is 18.9 Å². The smallest absolute Gasteiger partial charge is 0.341 e. The van der Waals surface area contributed by atoms with Crippen LogP contribution < -0.4 is 4.74 Å². The zero-order valence-corrected chi connectivity index (χ0v) is 39.7. The van der Waals surface area contributed by atoms with E-state index in [-0.39, 0.29) is 43.9 Å². The normalized spacial score (nSPS) is 22.1. The van der Waals surface area contributed by atoms with E-state index in [1.165, 1.54) is 12.2 Å². The molecule has 0 aliphatic carbocycles. The fraction of sp³-hybridized carbons (Fsp3) is 0.622. The van der Waals surface area contributed by atoms with Crippen LogP contribution in [0.2, 0.25) is 0 Å². The Morgan fingerprint density at radius 3 is 2.13 bits per heavy atom. The van der Waals surface area contributed by atoms with Crippen molar-refractivity contribution in [2.75, 3.05) is 47.8 Å². The Bertz CT molecular complexity index is 1590. The lowest BCUT2D eigenvalue weighted by atomic mass is 9.94. The molecule has 16 heteroatoms. The van der Waals surface area contributed by atoms with E-state index in [1.54, 1.807) is 60.5 Å². The molecule has 0 aromatic heterocycles. The molecule has 0 bridgehead atoms. The fourth-order valence-corrected chi connectivity index (χ4v) is 8.53. The highest BCUT2D eigenvalue weighted by Crippen LogP contribution is 2.48. The molecular weight excluding hydrogens is 875 g/mol. The molecule has 0 saturated carbocycles. The van der Waals surface area contributed by atoms with Crippen molar-refractivity contribution in [3.8, 4) is 5.75 Å². The number of esters is 1. The summed E-state index contributed by atoms with van der Waals surface area (Å²) >= 11 is 3.47. The molecule has 1 aliphatic heterocycles. The summed E-state index contributed by atoms with van der Waals surface area (Å²) in [6, 6.07) is 7.54. The molecule has 1 heterocycles. The Labute approximate surface area is 371 Å². The zero-order valence-electron chi connectivity index (χ0n) is 37.2. The number of ether oxygens (including phenoxy) is 8. The molecule has 344 valence electrons. The first-order valence-electron chi connectivity index (χ1n) is 20.9. The highest BCUT2D eigenvalue weighted by Gasteiger charge is 2.46. The maximum Gasteiger partial charge on any atom is 0.341 e. The van der Waals surface area contributed by atoms with E-state index < -0.39 is 56.4 Å². The number of methoxy groups -OCH3 is 4. The van der Waals surface area contributed by atoms with E-state index in [0.717, 1.165) is 11.3 Å². The number of hydrogen-bond donors (Lipinski definition) is 0. The molecule has 1 aromatic carbocycles. The summed E-state index contributed by atoms with van der Waals surface area (Å²) < 4.78 is 71.3. The van der Waals surface area contributed by atoms with Crippen LogP contribution in [0.15, 0.2) is 71.3 Å². The molecule has 1 aliphatic rings. The van der Waals surface area contributed by atoms with Crippen LogP contribution in [0.4, 0.5) is 0 Å². The fourth-order valence-electron chi connectivity index (χ4n) is 6.76. The predicted octanol–water partition coefficient (Wildman–Crippen LogP) is 8.65. The number of carbonyl (C=O) groups excluding carboxylic acids is 3. The third kappa shape index (κ3) is 19.6. The highest BCUT2D eigenvalue weighted by molar-refractivity contribution is 9.11. The van der Waals surface area contributed by atoms with Crippen molar-refractivity contribution in [3.63, 3.8) is 0 Å². The molecule has 14 nitrogen and oxygen atoms in total. The number of hydrogen-bond acceptors (Lipinski definition) is 14. The summed E-state index contributed by atoms with van der Waals surface area (Å²) in [6.45, 7) is 9.60. The highest BCUT2D eigenvalue weighted by atomic mass is 79.9. The van der Waals surface area contributed by atoms with Crippen LogP contribution in [-0.2, 0) is 67.8 Å². The molecule has 1 fully saturated rings. The summed E-state index contributed by atoms with van der Waals surface area (Å²) in [5.41, 5.74) is 0.928. The maximum absolute atomic E-state index is 13.6. The number of halogens is 1. The minimum atomic E-state index is -3.59. The van der Waals surface area contributed by atoms with Crippen LogP contribution in [-0.4, -0.2) is 115 Å². The summed E-state index contributed by atoms with van der Waals surface area (Å²) in [4.78, 5) is 37.2. The van der Waals surface area contributed by atoms with Gasteiger partial charge in [0.2, 0.25) is 0 Å². The van der Waals surface area contributed by atoms with E-state index in [0.29, 0.717) is 49.3 Å². The molecule has 0 spiro atoms. The quantitative estimate of drug-likeness (QED) is 0.0229. The van der Waals surface area contributed by atoms with E-state index in [4.69, 9.17) is 46.9 Å². The molecule has 9 atom stereocenters. The van der Waals surface area contributed by atoms with Gasteiger partial charge in [-0.05, 0) is 95.2 Å². The lowest BCUT2D eigenvalue weighted by Gasteiger charge is -2.44. The molecule has 0 N–H and O–H groups in total. The molecule has 2 rings (SSSR count). The van der Waals surface area contributed by atoms with Crippen LogP contribution in [0.3, 0.4) is 0 Å². The summed E-state index contributed by atoms with van der Waals surface area (Å²) in [6.07, 6.45) is 11.6. The van der Waals surface area contributed by atoms with Crippen molar-refractivity contribution in [1.29, 1.82) is 0 Å². The maximum atomic E-state index is 13.6. The van der Waals surface area contributed by atoms with E-state index in [2.05, 4.69) is 15.9 Å². The van der Waals surface area contributed by atoms with E-state index in [1.807, 2.05) is 57.2 Å². The number of aldehydes is 1. The number of rotatable bonds is 31. The lowest BCUT2D eigenvalue weighted by molar-refractivity contribution is -0.314. The van der Waals surface area contributed by atoms with Crippen molar-refractivity contribution < 1.29 is 65.9 Å². The lowest BCUT2D eigenvalue weighted by Crippen LogP contribution is -2.59. The molecular formula is C45H68BrO14P. The van der Waals surface area contributed by atoms with E-state index >= 15 is 0 Å². The van der Waals surface area contributed by atoms with Gasteiger partial charge in [0.05, 0.1) is 45.2 Å². The first-order chi connectivity index (χ1) is 29.3. The zero-order chi connectivity index (χ0) is 45.2. The van der Waals surface area contributed by atoms with Gasteiger partial charge in [-0.25, -0.2) is 0 Å². The molecule has 5 unspecified atom stereocenters. The Morgan fingerprint density at radius 2 is 1.54 bits per heavy atom. The largest absolute Gasteiger partial charge is 0.497 e. The van der Waals surface area contributed by atoms with Crippen LogP contribution in [0, 0.1) is 5.92 Å². The molecule has 1 aromatic rings. The number of carbonyl (C=O) groups is 3. The van der Waals surface area contributed by atoms with Gasteiger partial charge in [0.25, 0.3) is 0 Å². The van der Waals surface area contributed by atoms with Crippen LogP contribution in [0.1, 0.15) is 78.7 Å². The van der Waals surface area contributed by atoms with Gasteiger partial charge >= 0.3 is 13.6 Å². The standard InChI is InChI=1S/C45H68BrO14P/c1-10-36(59-41(49)31-61(50,56-11-2)57-12-3)20-16-22-40(55-30-34-23-26-37(51-6)27-24-34)32(4)39(48)21-15-13-14-19-38(28-25-35(46)18-17-29-47)60-45-44(54-9)43(53-8)42(52-7)33(5)58-45/h13-15,17-18,21,23-27,29,32-33,36,38,40,42-45H,10-12,16,19-20,22,28,30-31H2,1-9H3/b14-13+,18-17+,21-15+,35-25-/t32-,33?,36-,38-,40-,42?,43?,44?,45?/m0/s1. The first kappa shape index (κ1) is 54.3. The van der Waals surface area contributed by atoms with Crippen molar-refractivity contribution in [1.82, 2.24) is 0 Å². The second-order valence-corrected chi connectivity index (χ2v) is 17.3. The van der Waals surface area contributed by atoms with Gasteiger partial charge in [0.1, 0.15) is 42.6 Å². The minimum absolute atomic E-state index is 0.113. The van der Waals surface area contributed by atoms with Gasteiger partial charge in [-0.1, -0.05) is 66.2 Å². The second-order valence-electron chi connectivity index (χ2n) is 14.4. The van der Waals surface area contributed by atoms with Gasteiger partial charge in [-0.2, -0.15) is 0 Å². The van der Waals surface area contributed by atoms with Crippen LogP contribution in [0.5, 0.6) is 5.75 Å². The Morgan fingerprint density at radius 1 is 0.869 bits per heavy atom. The Kier molecular flexibility index (Phi) is 27.0. The van der Waals surface area contributed by atoms with Crippen molar-refractivity contribution in [2.45, 2.75) is 129 Å². The topological polar surface area (TPSA) is 161 Å². The molecule has 0 amide bonds. The molecule has 1 saturated heterocycles. The minimum Gasteiger partial charge on any atom is -0.497 e. The Hall–Kier alpha value is -2.82. The van der Waals surface area contributed by atoms with Crippen molar-refractivity contribution >= 4 is 41.6 Å². The van der Waals surface area contributed by atoms with Crippen molar-refractivity contribution in [2.24, 2.45) is 5.92 Å².